The normalized spacial score (nSPS) is 16.5. The van der Waals surface area contributed by atoms with E-state index in [0.717, 1.165) is 12.5 Å². The van der Waals surface area contributed by atoms with E-state index in [2.05, 4.69) is 75.6 Å². The molecular weight excluding hydrogens is 300 g/mol. The zero-order valence-electron chi connectivity index (χ0n) is 11.1. The highest BCUT2D eigenvalue weighted by Crippen LogP contribution is 2.40. The van der Waals surface area contributed by atoms with Crippen LogP contribution in [-0.2, 0) is 6.54 Å². The first-order chi connectivity index (χ1) is 9.28. The summed E-state index contributed by atoms with van der Waals surface area (Å²) in [5.74, 6) is 0.837. The Morgan fingerprint density at radius 1 is 1.32 bits per heavy atom. The van der Waals surface area contributed by atoms with Gasteiger partial charge < -0.3 is 9.88 Å². The van der Waals surface area contributed by atoms with Gasteiger partial charge in [0.05, 0.1) is 0 Å². The van der Waals surface area contributed by atoms with Crippen molar-refractivity contribution in [1.82, 2.24) is 9.88 Å². The van der Waals surface area contributed by atoms with Gasteiger partial charge in [-0.1, -0.05) is 34.1 Å². The number of halogens is 1. The van der Waals surface area contributed by atoms with Gasteiger partial charge in [-0.05, 0) is 49.1 Å². The quantitative estimate of drug-likeness (QED) is 0.882. The third kappa shape index (κ3) is 2.93. The first-order valence-corrected chi connectivity index (χ1v) is 7.63. The SMILES string of the molecule is CNC(c1ccn(Cc2ccccc2Br)c1)C1CC1. The van der Waals surface area contributed by atoms with E-state index < -0.39 is 0 Å². The fourth-order valence-electron chi connectivity index (χ4n) is 2.67. The summed E-state index contributed by atoms with van der Waals surface area (Å²) in [7, 11) is 2.06. The van der Waals surface area contributed by atoms with Gasteiger partial charge in [-0.15, -0.1) is 0 Å². The third-order valence-corrected chi connectivity index (χ3v) is 4.62. The molecule has 100 valence electrons. The van der Waals surface area contributed by atoms with Gasteiger partial charge in [0.15, 0.2) is 0 Å². The molecule has 3 heteroatoms. The second kappa shape index (κ2) is 5.51. The monoisotopic (exact) mass is 318 g/mol. The average molecular weight is 319 g/mol. The summed E-state index contributed by atoms with van der Waals surface area (Å²) in [6, 6.07) is 11.2. The minimum atomic E-state index is 0.528. The molecule has 0 radical (unpaired) electrons. The van der Waals surface area contributed by atoms with Crippen molar-refractivity contribution in [3.8, 4) is 0 Å². The molecule has 1 heterocycles. The van der Waals surface area contributed by atoms with Gasteiger partial charge in [-0.2, -0.15) is 0 Å². The molecule has 1 aromatic carbocycles. The van der Waals surface area contributed by atoms with Crippen LogP contribution in [0.4, 0.5) is 0 Å². The van der Waals surface area contributed by atoms with Crippen LogP contribution in [0.5, 0.6) is 0 Å². The maximum atomic E-state index is 3.61. The molecule has 19 heavy (non-hydrogen) atoms. The number of aromatic nitrogens is 1. The Morgan fingerprint density at radius 2 is 2.11 bits per heavy atom. The zero-order chi connectivity index (χ0) is 13.2. The van der Waals surface area contributed by atoms with Crippen LogP contribution in [0.2, 0.25) is 0 Å². The van der Waals surface area contributed by atoms with Crippen molar-refractivity contribution in [2.75, 3.05) is 7.05 Å². The summed E-state index contributed by atoms with van der Waals surface area (Å²) in [4.78, 5) is 0. The number of nitrogens with one attached hydrogen (secondary N) is 1. The van der Waals surface area contributed by atoms with Crippen LogP contribution in [-0.4, -0.2) is 11.6 Å². The van der Waals surface area contributed by atoms with Crippen LogP contribution in [0.15, 0.2) is 47.2 Å². The molecule has 2 aromatic rings. The molecule has 1 fully saturated rings. The first kappa shape index (κ1) is 12.9. The summed E-state index contributed by atoms with van der Waals surface area (Å²) in [6.45, 7) is 0.919. The molecule has 1 aliphatic carbocycles. The van der Waals surface area contributed by atoms with Crippen molar-refractivity contribution in [3.63, 3.8) is 0 Å². The lowest BCUT2D eigenvalue weighted by Crippen LogP contribution is -2.17. The standard InChI is InChI=1S/C16H19BrN2/c1-18-16(12-6-7-12)14-8-9-19(11-14)10-13-4-2-3-5-15(13)17/h2-5,8-9,11-12,16,18H,6-7,10H2,1H3. The molecule has 0 amide bonds. The fraction of sp³-hybridized carbons (Fsp3) is 0.375. The molecule has 1 saturated carbocycles. The van der Waals surface area contributed by atoms with Gasteiger partial charge in [-0.25, -0.2) is 0 Å². The third-order valence-electron chi connectivity index (χ3n) is 3.85. The topological polar surface area (TPSA) is 17.0 Å². The van der Waals surface area contributed by atoms with E-state index in [1.807, 2.05) is 0 Å². The summed E-state index contributed by atoms with van der Waals surface area (Å²) >= 11 is 3.61. The number of benzene rings is 1. The predicted octanol–water partition coefficient (Wildman–Crippen LogP) is 3.97. The van der Waals surface area contributed by atoms with Crippen molar-refractivity contribution in [2.24, 2.45) is 5.92 Å². The largest absolute Gasteiger partial charge is 0.350 e. The van der Waals surface area contributed by atoms with E-state index in [1.54, 1.807) is 0 Å². The molecule has 3 rings (SSSR count). The molecular formula is C16H19BrN2. The lowest BCUT2D eigenvalue weighted by molar-refractivity contribution is 0.528. The molecule has 0 bridgehead atoms. The van der Waals surface area contributed by atoms with Gasteiger partial charge in [0.1, 0.15) is 0 Å². The molecule has 1 aliphatic rings. The Balaban J connectivity index is 1.76. The number of hydrogen-bond donors (Lipinski definition) is 1. The van der Waals surface area contributed by atoms with Crippen LogP contribution in [0.1, 0.15) is 30.0 Å². The van der Waals surface area contributed by atoms with Crippen LogP contribution in [0.3, 0.4) is 0 Å². The van der Waals surface area contributed by atoms with Crippen LogP contribution < -0.4 is 5.32 Å². The van der Waals surface area contributed by atoms with Gasteiger partial charge in [0.2, 0.25) is 0 Å². The minimum Gasteiger partial charge on any atom is -0.350 e. The van der Waals surface area contributed by atoms with Crippen molar-refractivity contribution in [3.05, 3.63) is 58.3 Å². The molecule has 2 nitrogen and oxygen atoms in total. The second-order valence-electron chi connectivity index (χ2n) is 5.31. The van der Waals surface area contributed by atoms with Crippen molar-refractivity contribution in [1.29, 1.82) is 0 Å². The molecule has 1 aromatic heterocycles. The molecule has 1 N–H and O–H groups in total. The number of rotatable bonds is 5. The van der Waals surface area contributed by atoms with Gasteiger partial charge in [0.25, 0.3) is 0 Å². The van der Waals surface area contributed by atoms with Gasteiger partial charge in [-0.3, -0.25) is 0 Å². The molecule has 1 atom stereocenters. The van der Waals surface area contributed by atoms with Crippen LogP contribution in [0.25, 0.3) is 0 Å². The number of nitrogens with zero attached hydrogens (tertiary/aromatic N) is 1. The fourth-order valence-corrected chi connectivity index (χ4v) is 3.08. The lowest BCUT2D eigenvalue weighted by atomic mass is 10.1. The highest BCUT2D eigenvalue weighted by Gasteiger charge is 2.31. The van der Waals surface area contributed by atoms with Crippen LogP contribution in [0, 0.1) is 5.92 Å². The Kier molecular flexibility index (Phi) is 3.76. The zero-order valence-corrected chi connectivity index (χ0v) is 12.7. The highest BCUT2D eigenvalue weighted by molar-refractivity contribution is 9.10. The van der Waals surface area contributed by atoms with Crippen molar-refractivity contribution in [2.45, 2.75) is 25.4 Å². The Morgan fingerprint density at radius 3 is 2.79 bits per heavy atom. The summed E-state index contributed by atoms with van der Waals surface area (Å²) in [5.41, 5.74) is 2.73. The van der Waals surface area contributed by atoms with Crippen molar-refractivity contribution < 1.29 is 0 Å². The maximum absolute atomic E-state index is 3.61. The molecule has 0 saturated heterocycles. The summed E-state index contributed by atoms with van der Waals surface area (Å²) in [5, 5.41) is 3.45. The Bertz CT molecular complexity index is 557. The number of hydrogen-bond acceptors (Lipinski definition) is 1. The molecule has 0 spiro atoms. The smallest absolute Gasteiger partial charge is 0.0481 e. The Hall–Kier alpha value is -1.06. The highest BCUT2D eigenvalue weighted by atomic mass is 79.9. The van der Waals surface area contributed by atoms with E-state index in [9.17, 15) is 0 Å². The first-order valence-electron chi connectivity index (χ1n) is 6.84. The van der Waals surface area contributed by atoms with Gasteiger partial charge >= 0.3 is 0 Å². The summed E-state index contributed by atoms with van der Waals surface area (Å²) < 4.78 is 3.44. The minimum absolute atomic E-state index is 0.528. The predicted molar refractivity (Wildman–Crippen MR) is 82.2 cm³/mol. The van der Waals surface area contributed by atoms with E-state index in [1.165, 1.54) is 28.4 Å². The van der Waals surface area contributed by atoms with E-state index >= 15 is 0 Å². The van der Waals surface area contributed by atoms with E-state index in [0.29, 0.717) is 6.04 Å². The Labute approximate surface area is 123 Å². The average Bonchev–Trinajstić information content (AvgIpc) is 3.14. The van der Waals surface area contributed by atoms with Crippen molar-refractivity contribution >= 4 is 15.9 Å². The molecule has 0 aliphatic heterocycles. The lowest BCUT2D eigenvalue weighted by Gasteiger charge is -2.13. The maximum Gasteiger partial charge on any atom is 0.0481 e. The molecule has 1 unspecified atom stereocenters. The summed E-state index contributed by atoms with van der Waals surface area (Å²) in [6.07, 6.45) is 7.18. The van der Waals surface area contributed by atoms with E-state index in [4.69, 9.17) is 0 Å². The van der Waals surface area contributed by atoms with Gasteiger partial charge in [0, 0.05) is 29.5 Å². The van der Waals surface area contributed by atoms with Crippen LogP contribution >= 0.6 is 15.9 Å². The second-order valence-corrected chi connectivity index (χ2v) is 6.17. The van der Waals surface area contributed by atoms with E-state index in [-0.39, 0.29) is 0 Å².